The van der Waals surface area contributed by atoms with Gasteiger partial charge in [0, 0.05) is 29.8 Å². The van der Waals surface area contributed by atoms with Gasteiger partial charge in [0.25, 0.3) is 5.91 Å². The van der Waals surface area contributed by atoms with Crippen LogP contribution in [-0.2, 0) is 9.84 Å². The van der Waals surface area contributed by atoms with E-state index in [1.165, 1.54) is 12.3 Å². The molecule has 8 nitrogen and oxygen atoms in total. The third-order valence-corrected chi connectivity index (χ3v) is 6.29. The summed E-state index contributed by atoms with van der Waals surface area (Å²) >= 11 is 0. The molecule has 1 amide bonds. The average Bonchev–Trinajstić information content (AvgIpc) is 3.22. The van der Waals surface area contributed by atoms with Crippen LogP contribution in [0.4, 0.5) is 0 Å². The quantitative estimate of drug-likeness (QED) is 0.673. The standard InChI is InChI=1S/C21H31N3O5S/c1-14(11-12-30(2,27)28)23-20(26)16-13-22-19(15-7-3-4-8-15)24-21(16)29-18-10-6-5-9-17(18)25/h11-15,17-18,25H,3-10H2,1-2H3,(H,23,26)/b12-11+/t14-,17-,18-/m0/s1. The summed E-state index contributed by atoms with van der Waals surface area (Å²) in [5.74, 6) is 0.681. The number of carbonyl (C=O) groups is 1. The molecule has 2 fully saturated rings. The van der Waals surface area contributed by atoms with Crippen LogP contribution in [-0.4, -0.2) is 53.9 Å². The van der Waals surface area contributed by atoms with Crippen LogP contribution in [0.5, 0.6) is 5.88 Å². The number of nitrogens with one attached hydrogen (secondary N) is 1. The molecule has 166 valence electrons. The van der Waals surface area contributed by atoms with Crippen LogP contribution < -0.4 is 10.1 Å². The van der Waals surface area contributed by atoms with Crippen molar-refractivity contribution in [3.8, 4) is 5.88 Å². The highest BCUT2D eigenvalue weighted by molar-refractivity contribution is 7.93. The van der Waals surface area contributed by atoms with Gasteiger partial charge in [-0.3, -0.25) is 4.79 Å². The van der Waals surface area contributed by atoms with Crippen molar-refractivity contribution in [1.29, 1.82) is 0 Å². The molecule has 0 unspecified atom stereocenters. The molecule has 3 rings (SSSR count). The van der Waals surface area contributed by atoms with Gasteiger partial charge in [-0.15, -0.1) is 0 Å². The summed E-state index contributed by atoms with van der Waals surface area (Å²) in [5, 5.41) is 14.1. The van der Waals surface area contributed by atoms with Gasteiger partial charge < -0.3 is 15.2 Å². The lowest BCUT2D eigenvalue weighted by atomic mass is 9.95. The lowest BCUT2D eigenvalue weighted by molar-refractivity contribution is 0.00378. The van der Waals surface area contributed by atoms with Gasteiger partial charge in [0.1, 0.15) is 17.5 Å². The molecule has 2 aliphatic carbocycles. The number of aliphatic hydroxyl groups is 1. The van der Waals surface area contributed by atoms with Crippen LogP contribution in [0, 0.1) is 0 Å². The second kappa shape index (κ2) is 9.87. The van der Waals surface area contributed by atoms with Gasteiger partial charge in [-0.1, -0.05) is 25.3 Å². The van der Waals surface area contributed by atoms with Gasteiger partial charge in [0.2, 0.25) is 5.88 Å². The molecule has 0 radical (unpaired) electrons. The van der Waals surface area contributed by atoms with Gasteiger partial charge in [0.15, 0.2) is 9.84 Å². The molecule has 2 aliphatic rings. The predicted molar refractivity (Wildman–Crippen MR) is 113 cm³/mol. The van der Waals surface area contributed by atoms with Gasteiger partial charge in [0.05, 0.1) is 6.10 Å². The summed E-state index contributed by atoms with van der Waals surface area (Å²) < 4.78 is 28.6. The summed E-state index contributed by atoms with van der Waals surface area (Å²) in [6, 6.07) is -0.505. The SMILES string of the molecule is C[C@@H](/C=C/S(C)(=O)=O)NC(=O)c1cnc(C2CCCC2)nc1O[C@H]1CCCC[C@@H]1O. The molecule has 1 aromatic heterocycles. The molecule has 9 heteroatoms. The first-order chi connectivity index (χ1) is 14.2. The minimum atomic E-state index is -3.28. The summed E-state index contributed by atoms with van der Waals surface area (Å²) in [7, 11) is -3.28. The zero-order chi connectivity index (χ0) is 21.7. The van der Waals surface area contributed by atoms with Crippen molar-refractivity contribution in [1.82, 2.24) is 15.3 Å². The minimum Gasteiger partial charge on any atom is -0.471 e. The van der Waals surface area contributed by atoms with E-state index in [4.69, 9.17) is 4.74 Å². The smallest absolute Gasteiger partial charge is 0.258 e. The maximum atomic E-state index is 12.8. The third-order valence-electron chi connectivity index (χ3n) is 5.64. The Balaban J connectivity index is 1.82. The number of amides is 1. The lowest BCUT2D eigenvalue weighted by Crippen LogP contribution is -2.36. The lowest BCUT2D eigenvalue weighted by Gasteiger charge is -2.28. The molecule has 0 saturated heterocycles. The molecule has 0 spiro atoms. The molecule has 1 aromatic rings. The van der Waals surface area contributed by atoms with E-state index in [2.05, 4.69) is 15.3 Å². The Kier molecular flexibility index (Phi) is 7.46. The Morgan fingerprint density at radius 2 is 1.90 bits per heavy atom. The summed E-state index contributed by atoms with van der Waals surface area (Å²) in [6.45, 7) is 1.68. The van der Waals surface area contributed by atoms with Crippen LogP contribution in [0.15, 0.2) is 17.7 Å². The Bertz CT molecular complexity index is 881. The van der Waals surface area contributed by atoms with E-state index < -0.39 is 34.0 Å². The second-order valence-electron chi connectivity index (χ2n) is 8.36. The molecule has 0 aromatic carbocycles. The molecule has 2 N–H and O–H groups in total. The van der Waals surface area contributed by atoms with Crippen LogP contribution in [0.25, 0.3) is 0 Å². The van der Waals surface area contributed by atoms with E-state index in [0.29, 0.717) is 18.7 Å². The largest absolute Gasteiger partial charge is 0.471 e. The number of nitrogens with zero attached hydrogens (tertiary/aromatic N) is 2. The van der Waals surface area contributed by atoms with Crippen molar-refractivity contribution < 1.29 is 23.1 Å². The molecule has 0 aliphatic heterocycles. The van der Waals surface area contributed by atoms with E-state index in [9.17, 15) is 18.3 Å². The number of rotatable bonds is 7. The van der Waals surface area contributed by atoms with Crippen LogP contribution >= 0.6 is 0 Å². The third kappa shape index (κ3) is 6.25. The normalized spacial score (nSPS) is 24.1. The number of hydrogen-bond acceptors (Lipinski definition) is 7. The fraction of sp³-hybridized carbons (Fsp3) is 0.667. The Morgan fingerprint density at radius 3 is 2.57 bits per heavy atom. The maximum Gasteiger partial charge on any atom is 0.258 e. The minimum absolute atomic E-state index is 0.189. The van der Waals surface area contributed by atoms with Gasteiger partial charge >= 0.3 is 0 Å². The van der Waals surface area contributed by atoms with E-state index in [0.717, 1.165) is 50.2 Å². The van der Waals surface area contributed by atoms with Gasteiger partial charge in [-0.2, -0.15) is 4.98 Å². The van der Waals surface area contributed by atoms with E-state index in [1.54, 1.807) is 6.92 Å². The Labute approximate surface area is 178 Å². The summed E-state index contributed by atoms with van der Waals surface area (Å²) in [4.78, 5) is 21.8. The van der Waals surface area contributed by atoms with E-state index in [-0.39, 0.29) is 17.4 Å². The van der Waals surface area contributed by atoms with Crippen molar-refractivity contribution in [2.24, 2.45) is 0 Å². The zero-order valence-electron chi connectivity index (χ0n) is 17.6. The van der Waals surface area contributed by atoms with Crippen molar-refractivity contribution in [3.05, 3.63) is 29.1 Å². The van der Waals surface area contributed by atoms with Crippen molar-refractivity contribution >= 4 is 15.7 Å². The average molecular weight is 438 g/mol. The molecule has 0 bridgehead atoms. The van der Waals surface area contributed by atoms with Crippen LogP contribution in [0.3, 0.4) is 0 Å². The maximum absolute atomic E-state index is 12.8. The molecule has 1 heterocycles. The number of aliphatic hydroxyl groups excluding tert-OH is 1. The topological polar surface area (TPSA) is 118 Å². The summed E-state index contributed by atoms with van der Waals surface area (Å²) in [5.41, 5.74) is 0.189. The van der Waals surface area contributed by atoms with Crippen LogP contribution in [0.1, 0.15) is 80.4 Å². The molecule has 30 heavy (non-hydrogen) atoms. The van der Waals surface area contributed by atoms with Gasteiger partial charge in [-0.25, -0.2) is 13.4 Å². The first-order valence-electron chi connectivity index (χ1n) is 10.6. The molecular formula is C21H31N3O5S. The first-order valence-corrected chi connectivity index (χ1v) is 12.6. The first kappa shape index (κ1) is 22.7. The van der Waals surface area contributed by atoms with Crippen LogP contribution in [0.2, 0.25) is 0 Å². The molecular weight excluding hydrogens is 406 g/mol. The van der Waals surface area contributed by atoms with E-state index in [1.807, 2.05) is 0 Å². The number of sulfone groups is 1. The monoisotopic (exact) mass is 437 g/mol. The number of ether oxygens (including phenoxy) is 1. The number of aromatic nitrogens is 2. The van der Waals surface area contributed by atoms with Crippen molar-refractivity contribution in [3.63, 3.8) is 0 Å². The fourth-order valence-electron chi connectivity index (χ4n) is 3.96. The highest BCUT2D eigenvalue weighted by atomic mass is 32.2. The highest BCUT2D eigenvalue weighted by Crippen LogP contribution is 2.34. The highest BCUT2D eigenvalue weighted by Gasteiger charge is 2.29. The zero-order valence-corrected chi connectivity index (χ0v) is 18.4. The number of carbonyl (C=O) groups excluding carboxylic acids is 1. The second-order valence-corrected chi connectivity index (χ2v) is 10.3. The van der Waals surface area contributed by atoms with E-state index >= 15 is 0 Å². The van der Waals surface area contributed by atoms with Gasteiger partial charge in [-0.05, 0) is 39.0 Å². The molecule has 3 atom stereocenters. The number of hydrogen-bond donors (Lipinski definition) is 2. The predicted octanol–water partition coefficient (Wildman–Crippen LogP) is 2.49. The summed E-state index contributed by atoms with van der Waals surface area (Å²) in [6.07, 6.45) is 10.6. The Morgan fingerprint density at radius 1 is 1.23 bits per heavy atom. The Hall–Kier alpha value is -2.00. The van der Waals surface area contributed by atoms with Crippen molar-refractivity contribution in [2.75, 3.05) is 6.26 Å². The van der Waals surface area contributed by atoms with Crippen molar-refractivity contribution in [2.45, 2.75) is 82.5 Å². The fourth-order valence-corrected chi connectivity index (χ4v) is 4.48. The molecule has 2 saturated carbocycles.